The molecule has 19 heavy (non-hydrogen) atoms. The SMILES string of the molecule is CC(CO)CNC(=O)c1cnc(-c2ncccn2)s1. The van der Waals surface area contributed by atoms with Gasteiger partial charge in [0.2, 0.25) is 0 Å². The molecular formula is C12H14N4O2S. The molecule has 0 fully saturated rings. The van der Waals surface area contributed by atoms with Crippen LogP contribution in [0.15, 0.2) is 24.7 Å². The standard InChI is InChI=1S/C12H14N4O2S/c1-8(7-17)5-15-11(18)9-6-16-12(19-9)10-13-3-2-4-14-10/h2-4,6,8,17H,5,7H2,1H3,(H,15,18). The quantitative estimate of drug-likeness (QED) is 0.850. The zero-order valence-corrected chi connectivity index (χ0v) is 11.2. The van der Waals surface area contributed by atoms with Gasteiger partial charge in [0, 0.05) is 25.5 Å². The van der Waals surface area contributed by atoms with Gasteiger partial charge in [-0.15, -0.1) is 11.3 Å². The van der Waals surface area contributed by atoms with Crippen LogP contribution >= 0.6 is 11.3 Å². The van der Waals surface area contributed by atoms with Gasteiger partial charge in [0.15, 0.2) is 10.8 Å². The third kappa shape index (κ3) is 3.55. The van der Waals surface area contributed by atoms with Crippen molar-refractivity contribution in [3.8, 4) is 10.8 Å². The van der Waals surface area contributed by atoms with Crippen LogP contribution in [0.3, 0.4) is 0 Å². The van der Waals surface area contributed by atoms with E-state index in [4.69, 9.17) is 5.11 Å². The Bertz CT molecular complexity index is 544. The van der Waals surface area contributed by atoms with Crippen molar-refractivity contribution >= 4 is 17.2 Å². The lowest BCUT2D eigenvalue weighted by Crippen LogP contribution is -2.28. The summed E-state index contributed by atoms with van der Waals surface area (Å²) in [5.74, 6) is 0.351. The molecule has 0 aliphatic carbocycles. The van der Waals surface area contributed by atoms with Crippen LogP contribution in [0.5, 0.6) is 0 Å². The highest BCUT2D eigenvalue weighted by Gasteiger charge is 2.13. The highest BCUT2D eigenvalue weighted by molar-refractivity contribution is 7.16. The van der Waals surface area contributed by atoms with E-state index in [0.29, 0.717) is 22.3 Å². The van der Waals surface area contributed by atoms with Crippen LogP contribution in [0.1, 0.15) is 16.6 Å². The first-order valence-electron chi connectivity index (χ1n) is 5.83. The number of carbonyl (C=O) groups excluding carboxylic acids is 1. The third-order valence-corrected chi connectivity index (χ3v) is 3.40. The molecule has 2 heterocycles. The third-order valence-electron chi connectivity index (χ3n) is 2.41. The highest BCUT2D eigenvalue weighted by Crippen LogP contribution is 2.21. The summed E-state index contributed by atoms with van der Waals surface area (Å²) in [6.07, 6.45) is 4.77. The largest absolute Gasteiger partial charge is 0.396 e. The van der Waals surface area contributed by atoms with Crippen molar-refractivity contribution in [3.63, 3.8) is 0 Å². The summed E-state index contributed by atoms with van der Waals surface area (Å²) in [6, 6.07) is 1.72. The van der Waals surface area contributed by atoms with Crippen LogP contribution in [0.25, 0.3) is 10.8 Å². The minimum atomic E-state index is -0.194. The molecule has 100 valence electrons. The van der Waals surface area contributed by atoms with Gasteiger partial charge in [-0.05, 0) is 12.0 Å². The molecule has 0 saturated carbocycles. The van der Waals surface area contributed by atoms with Gasteiger partial charge < -0.3 is 10.4 Å². The Kier molecular flexibility index (Phi) is 4.53. The molecule has 1 unspecified atom stereocenters. The molecule has 0 spiro atoms. The van der Waals surface area contributed by atoms with Crippen LogP contribution in [0.2, 0.25) is 0 Å². The molecular weight excluding hydrogens is 264 g/mol. The number of rotatable bonds is 5. The minimum absolute atomic E-state index is 0.0359. The number of thiazole rings is 1. The zero-order chi connectivity index (χ0) is 13.7. The van der Waals surface area contributed by atoms with E-state index in [1.165, 1.54) is 17.5 Å². The fourth-order valence-electron chi connectivity index (χ4n) is 1.31. The first kappa shape index (κ1) is 13.6. The summed E-state index contributed by atoms with van der Waals surface area (Å²) in [5.41, 5.74) is 0. The van der Waals surface area contributed by atoms with Gasteiger partial charge in [-0.3, -0.25) is 4.79 Å². The van der Waals surface area contributed by atoms with Crippen molar-refractivity contribution < 1.29 is 9.90 Å². The average molecular weight is 278 g/mol. The van der Waals surface area contributed by atoms with Crippen molar-refractivity contribution in [2.24, 2.45) is 5.92 Å². The number of hydrogen-bond donors (Lipinski definition) is 2. The fourth-order valence-corrected chi connectivity index (χ4v) is 2.09. The van der Waals surface area contributed by atoms with Crippen LogP contribution < -0.4 is 5.32 Å². The van der Waals surface area contributed by atoms with Crippen molar-refractivity contribution in [1.82, 2.24) is 20.3 Å². The van der Waals surface area contributed by atoms with E-state index in [9.17, 15) is 4.79 Å². The van der Waals surface area contributed by atoms with Crippen LogP contribution in [-0.2, 0) is 0 Å². The molecule has 0 aliphatic heterocycles. The maximum Gasteiger partial charge on any atom is 0.263 e. The Labute approximate surface area is 114 Å². The molecule has 6 nitrogen and oxygen atoms in total. The van der Waals surface area contributed by atoms with Gasteiger partial charge in [0.25, 0.3) is 5.91 Å². The normalized spacial score (nSPS) is 12.1. The van der Waals surface area contributed by atoms with E-state index in [-0.39, 0.29) is 18.4 Å². The molecule has 0 aromatic carbocycles. The fraction of sp³-hybridized carbons (Fsp3) is 0.333. The number of hydrogen-bond acceptors (Lipinski definition) is 6. The number of nitrogens with one attached hydrogen (secondary N) is 1. The van der Waals surface area contributed by atoms with Gasteiger partial charge in [-0.25, -0.2) is 15.0 Å². The maximum absolute atomic E-state index is 11.8. The molecule has 0 aliphatic rings. The lowest BCUT2D eigenvalue weighted by Gasteiger charge is -2.07. The summed E-state index contributed by atoms with van der Waals surface area (Å²) in [5, 5.41) is 12.3. The molecule has 0 saturated heterocycles. The molecule has 0 radical (unpaired) electrons. The van der Waals surface area contributed by atoms with Crippen LogP contribution in [0, 0.1) is 5.92 Å². The second-order valence-electron chi connectivity index (χ2n) is 4.10. The van der Waals surface area contributed by atoms with E-state index in [1.807, 2.05) is 6.92 Å². The summed E-state index contributed by atoms with van der Waals surface area (Å²) < 4.78 is 0. The predicted octanol–water partition coefficient (Wildman–Crippen LogP) is 0.958. The number of aliphatic hydroxyl groups is 1. The number of nitrogens with zero attached hydrogens (tertiary/aromatic N) is 3. The van der Waals surface area contributed by atoms with Crippen molar-refractivity contribution in [1.29, 1.82) is 0 Å². The van der Waals surface area contributed by atoms with Gasteiger partial charge >= 0.3 is 0 Å². The maximum atomic E-state index is 11.8. The first-order valence-corrected chi connectivity index (χ1v) is 6.64. The average Bonchev–Trinajstić information content (AvgIpc) is 2.95. The molecule has 2 aromatic rings. The minimum Gasteiger partial charge on any atom is -0.396 e. The lowest BCUT2D eigenvalue weighted by atomic mass is 10.2. The molecule has 7 heteroatoms. The second-order valence-corrected chi connectivity index (χ2v) is 5.13. The molecule has 2 aromatic heterocycles. The predicted molar refractivity (Wildman–Crippen MR) is 71.7 cm³/mol. The summed E-state index contributed by atoms with van der Waals surface area (Å²) in [4.78, 5) is 24.7. The van der Waals surface area contributed by atoms with E-state index >= 15 is 0 Å². The monoisotopic (exact) mass is 278 g/mol. The van der Waals surface area contributed by atoms with Crippen molar-refractivity contribution in [2.45, 2.75) is 6.92 Å². The van der Waals surface area contributed by atoms with E-state index in [2.05, 4.69) is 20.3 Å². The summed E-state index contributed by atoms with van der Waals surface area (Å²) in [6.45, 7) is 2.34. The zero-order valence-electron chi connectivity index (χ0n) is 10.4. The van der Waals surface area contributed by atoms with Gasteiger partial charge in [0.05, 0.1) is 6.20 Å². The van der Waals surface area contributed by atoms with Gasteiger partial charge in [0.1, 0.15) is 4.88 Å². The van der Waals surface area contributed by atoms with Crippen LogP contribution in [-0.4, -0.2) is 39.1 Å². The number of aliphatic hydroxyl groups excluding tert-OH is 1. The molecule has 2 N–H and O–H groups in total. The first-order chi connectivity index (χ1) is 9.20. The number of aromatic nitrogens is 3. The highest BCUT2D eigenvalue weighted by atomic mass is 32.1. The topological polar surface area (TPSA) is 88.0 Å². The van der Waals surface area contributed by atoms with E-state index in [0.717, 1.165) is 0 Å². The molecule has 2 rings (SSSR count). The van der Waals surface area contributed by atoms with Gasteiger partial charge in [-0.2, -0.15) is 0 Å². The Morgan fingerprint density at radius 3 is 2.84 bits per heavy atom. The molecule has 1 atom stereocenters. The second kappa shape index (κ2) is 6.35. The molecule has 0 bridgehead atoms. The number of carbonyl (C=O) groups is 1. The van der Waals surface area contributed by atoms with Crippen molar-refractivity contribution in [2.75, 3.05) is 13.2 Å². The Hall–Kier alpha value is -1.86. The summed E-state index contributed by atoms with van der Waals surface area (Å²) in [7, 11) is 0. The Morgan fingerprint density at radius 1 is 1.42 bits per heavy atom. The Balaban J connectivity index is 2.03. The smallest absolute Gasteiger partial charge is 0.263 e. The number of amides is 1. The van der Waals surface area contributed by atoms with Gasteiger partial charge in [-0.1, -0.05) is 6.92 Å². The van der Waals surface area contributed by atoms with Crippen molar-refractivity contribution in [3.05, 3.63) is 29.5 Å². The van der Waals surface area contributed by atoms with E-state index in [1.54, 1.807) is 18.5 Å². The lowest BCUT2D eigenvalue weighted by molar-refractivity contribution is 0.0946. The summed E-state index contributed by atoms with van der Waals surface area (Å²) >= 11 is 1.24. The molecule has 1 amide bonds. The van der Waals surface area contributed by atoms with Crippen LogP contribution in [0.4, 0.5) is 0 Å². The van der Waals surface area contributed by atoms with E-state index < -0.39 is 0 Å². The Morgan fingerprint density at radius 2 is 2.16 bits per heavy atom.